The lowest BCUT2D eigenvalue weighted by atomic mass is 10.5. The minimum Gasteiger partial charge on any atom is -0.255 e. The van der Waals surface area contributed by atoms with E-state index < -0.39 is 0 Å². The molecule has 1 aliphatic heterocycles. The van der Waals surface area contributed by atoms with Crippen LogP contribution >= 0.6 is 0 Å². The molecule has 1 rings (SSSR count). The molecule has 0 bridgehead atoms. The summed E-state index contributed by atoms with van der Waals surface area (Å²) in [5.74, 6) is 2.83. The highest BCUT2D eigenvalue weighted by Gasteiger charge is 1.95. The van der Waals surface area contributed by atoms with Gasteiger partial charge in [-0.05, 0) is 0 Å². The molecule has 2 heteroatoms. The molecule has 0 atom stereocenters. The lowest BCUT2D eigenvalue weighted by Crippen LogP contribution is -2.35. The van der Waals surface area contributed by atoms with Crippen LogP contribution in [-0.2, 0) is 0 Å². The zero-order valence-electron chi connectivity index (χ0n) is 3.65. The third-order valence-electron chi connectivity index (χ3n) is 0.721. The standard InChI is InChI=1S/C4H6N2/c1-5-6-3-2-4-6/h5H,3H2,1H3. The molecular weight excluding hydrogens is 76.1 g/mol. The van der Waals surface area contributed by atoms with E-state index >= 15 is 0 Å². The van der Waals surface area contributed by atoms with Crippen LogP contribution < -0.4 is 5.43 Å². The van der Waals surface area contributed by atoms with Crippen molar-refractivity contribution in [2.24, 2.45) is 0 Å². The largest absolute Gasteiger partial charge is 0.255 e. The summed E-state index contributed by atoms with van der Waals surface area (Å²) in [6.07, 6.45) is 0. The first kappa shape index (κ1) is 3.51. The molecule has 0 aromatic heterocycles. The fraction of sp³-hybridized carbons (Fsp3) is 0.500. The van der Waals surface area contributed by atoms with Gasteiger partial charge in [0, 0.05) is 13.1 Å². The average Bonchev–Trinajstić information content (AvgIpc) is 1.31. The molecule has 0 fully saturated rings. The molecule has 1 N–H and O–H groups in total. The Hall–Kier alpha value is -0.680. The van der Waals surface area contributed by atoms with Gasteiger partial charge in [-0.15, -0.1) is 0 Å². The van der Waals surface area contributed by atoms with Crippen molar-refractivity contribution < 1.29 is 0 Å². The van der Waals surface area contributed by atoms with Crippen LogP contribution in [0.4, 0.5) is 0 Å². The average molecular weight is 82.1 g/mol. The summed E-state index contributed by atoms with van der Waals surface area (Å²) in [6.45, 7) is 0.872. The van der Waals surface area contributed by atoms with E-state index in [-0.39, 0.29) is 0 Å². The van der Waals surface area contributed by atoms with Gasteiger partial charge >= 0.3 is 0 Å². The van der Waals surface area contributed by atoms with Crippen LogP contribution in [0, 0.1) is 12.0 Å². The van der Waals surface area contributed by atoms with Crippen molar-refractivity contribution in [3.8, 4) is 12.0 Å². The maximum atomic E-state index is 2.86. The predicted molar refractivity (Wildman–Crippen MR) is 23.5 cm³/mol. The Morgan fingerprint density at radius 2 is 2.50 bits per heavy atom. The summed E-state index contributed by atoms with van der Waals surface area (Å²) in [5, 5.41) is 1.82. The molecule has 2 nitrogen and oxygen atoms in total. The summed E-state index contributed by atoms with van der Waals surface area (Å²) >= 11 is 0. The van der Waals surface area contributed by atoms with E-state index in [4.69, 9.17) is 0 Å². The van der Waals surface area contributed by atoms with Crippen molar-refractivity contribution in [1.82, 2.24) is 10.4 Å². The first-order chi connectivity index (χ1) is 2.93. The highest BCUT2D eigenvalue weighted by atomic mass is 15.5. The molecule has 0 aliphatic carbocycles. The molecule has 0 aromatic rings. The first-order valence-corrected chi connectivity index (χ1v) is 1.87. The van der Waals surface area contributed by atoms with Gasteiger partial charge in [-0.1, -0.05) is 5.92 Å². The fourth-order valence-electron chi connectivity index (χ4n) is 0.293. The summed E-state index contributed by atoms with van der Waals surface area (Å²) in [5.41, 5.74) is 2.86. The maximum Gasteiger partial charge on any atom is 0.106 e. The van der Waals surface area contributed by atoms with Crippen molar-refractivity contribution in [2.75, 3.05) is 13.6 Å². The minimum atomic E-state index is 0.872. The van der Waals surface area contributed by atoms with E-state index in [1.54, 1.807) is 0 Å². The molecule has 0 saturated carbocycles. The van der Waals surface area contributed by atoms with Gasteiger partial charge in [0.1, 0.15) is 6.54 Å². The molecule has 0 aromatic carbocycles. The van der Waals surface area contributed by atoms with Crippen LogP contribution in [0.2, 0.25) is 0 Å². The molecular formula is C4H6N2. The smallest absolute Gasteiger partial charge is 0.106 e. The SMILES string of the molecule is CNN1C#CC1. The van der Waals surface area contributed by atoms with Crippen LogP contribution in [0.3, 0.4) is 0 Å². The van der Waals surface area contributed by atoms with Crippen molar-refractivity contribution in [3.05, 3.63) is 0 Å². The zero-order valence-corrected chi connectivity index (χ0v) is 3.65. The van der Waals surface area contributed by atoms with Crippen molar-refractivity contribution in [2.45, 2.75) is 0 Å². The quantitative estimate of drug-likeness (QED) is 0.425. The second-order valence-corrected chi connectivity index (χ2v) is 1.10. The lowest BCUT2D eigenvalue weighted by molar-refractivity contribution is 0.335. The van der Waals surface area contributed by atoms with E-state index in [9.17, 15) is 0 Å². The van der Waals surface area contributed by atoms with Crippen LogP contribution in [0.1, 0.15) is 0 Å². The van der Waals surface area contributed by atoms with E-state index in [1.165, 1.54) is 0 Å². The molecule has 0 unspecified atom stereocenters. The predicted octanol–water partition coefficient (Wildman–Crippen LogP) is -0.603. The Morgan fingerprint density at radius 1 is 1.83 bits per heavy atom. The van der Waals surface area contributed by atoms with Crippen LogP contribution in [0.25, 0.3) is 0 Å². The summed E-state index contributed by atoms with van der Waals surface area (Å²) in [7, 11) is 1.86. The normalized spacial score (nSPS) is 15.2. The number of hydrogen-bond donors (Lipinski definition) is 1. The van der Waals surface area contributed by atoms with Crippen LogP contribution in [0.5, 0.6) is 0 Å². The number of hydrogen-bond acceptors (Lipinski definition) is 2. The van der Waals surface area contributed by atoms with Gasteiger partial charge in [-0.2, -0.15) is 0 Å². The van der Waals surface area contributed by atoms with Crippen molar-refractivity contribution in [1.29, 1.82) is 0 Å². The summed E-state index contributed by atoms with van der Waals surface area (Å²) in [6, 6.07) is 2.77. The molecule has 0 radical (unpaired) electrons. The minimum absolute atomic E-state index is 0.872. The van der Waals surface area contributed by atoms with Gasteiger partial charge in [-0.3, -0.25) is 5.01 Å². The topological polar surface area (TPSA) is 15.3 Å². The van der Waals surface area contributed by atoms with Crippen molar-refractivity contribution >= 4 is 0 Å². The number of nitrogens with one attached hydrogen (secondary N) is 1. The molecule has 0 saturated heterocycles. The van der Waals surface area contributed by atoms with Crippen LogP contribution in [-0.4, -0.2) is 18.6 Å². The summed E-state index contributed by atoms with van der Waals surface area (Å²) < 4.78 is 0. The number of rotatable bonds is 1. The Kier molecular flexibility index (Phi) is 0.697. The Bertz CT molecular complexity index is 97.9. The summed E-state index contributed by atoms with van der Waals surface area (Å²) in [4.78, 5) is 0. The molecule has 0 amide bonds. The second kappa shape index (κ2) is 1.19. The Morgan fingerprint density at radius 3 is 2.50 bits per heavy atom. The fourth-order valence-corrected chi connectivity index (χ4v) is 0.293. The van der Waals surface area contributed by atoms with Gasteiger partial charge in [0.05, 0.1) is 0 Å². The third-order valence-corrected chi connectivity index (χ3v) is 0.721. The van der Waals surface area contributed by atoms with E-state index in [0.717, 1.165) is 6.54 Å². The zero-order chi connectivity index (χ0) is 4.41. The van der Waals surface area contributed by atoms with E-state index in [1.807, 2.05) is 12.1 Å². The van der Waals surface area contributed by atoms with Gasteiger partial charge in [0.2, 0.25) is 0 Å². The number of nitrogens with zero attached hydrogens (tertiary/aromatic N) is 1. The third kappa shape index (κ3) is 0.333. The monoisotopic (exact) mass is 82.1 g/mol. The first-order valence-electron chi connectivity index (χ1n) is 1.87. The van der Waals surface area contributed by atoms with Gasteiger partial charge in [0.25, 0.3) is 0 Å². The van der Waals surface area contributed by atoms with Crippen LogP contribution in [0.15, 0.2) is 0 Å². The van der Waals surface area contributed by atoms with Gasteiger partial charge in [-0.25, -0.2) is 5.43 Å². The highest BCUT2D eigenvalue weighted by molar-refractivity contribution is 5.10. The van der Waals surface area contributed by atoms with Crippen molar-refractivity contribution in [3.63, 3.8) is 0 Å². The Balaban J connectivity index is 2.29. The maximum absolute atomic E-state index is 2.86. The Labute approximate surface area is 37.1 Å². The number of hydrazine groups is 1. The van der Waals surface area contributed by atoms with E-state index in [2.05, 4.69) is 17.4 Å². The highest BCUT2D eigenvalue weighted by Crippen LogP contribution is 1.81. The molecule has 0 spiro atoms. The molecule has 1 aliphatic rings. The van der Waals surface area contributed by atoms with Gasteiger partial charge in [0.15, 0.2) is 0 Å². The molecule has 32 valence electrons. The lowest BCUT2D eigenvalue weighted by Gasteiger charge is -2.16. The molecule has 1 heterocycles. The van der Waals surface area contributed by atoms with Gasteiger partial charge < -0.3 is 0 Å². The molecule has 6 heavy (non-hydrogen) atoms. The second-order valence-electron chi connectivity index (χ2n) is 1.10. The van der Waals surface area contributed by atoms with E-state index in [0.29, 0.717) is 0 Å².